The zero-order valence-electron chi connectivity index (χ0n) is 12.1. The quantitative estimate of drug-likeness (QED) is 0.507. The number of nitrogen functional groups attached to an aromatic ring is 1. The number of amides is 1. The molecule has 0 saturated heterocycles. The van der Waals surface area contributed by atoms with E-state index in [-0.39, 0.29) is 5.91 Å². The van der Waals surface area contributed by atoms with Crippen LogP contribution >= 0.6 is 0 Å². The van der Waals surface area contributed by atoms with Gasteiger partial charge >= 0.3 is 0 Å². The molecule has 0 saturated carbocycles. The van der Waals surface area contributed by atoms with Crippen LogP contribution in [-0.4, -0.2) is 32.3 Å². The normalized spacial score (nSPS) is 10.2. The molecule has 5 heteroatoms. The first-order chi connectivity index (χ1) is 9.74. The minimum atomic E-state index is -0.0430. The van der Waals surface area contributed by atoms with Gasteiger partial charge in [0.15, 0.2) is 0 Å². The number of anilines is 1. The Hall–Kier alpha value is -1.75. The molecule has 0 fully saturated rings. The van der Waals surface area contributed by atoms with Crippen molar-refractivity contribution in [3.8, 4) is 5.75 Å². The maximum absolute atomic E-state index is 11.5. The van der Waals surface area contributed by atoms with E-state index in [0.29, 0.717) is 37.6 Å². The fourth-order valence-electron chi connectivity index (χ4n) is 1.57. The molecule has 0 heterocycles. The number of carbonyl (C=O) groups excluding carboxylic acids is 1. The van der Waals surface area contributed by atoms with Crippen molar-refractivity contribution < 1.29 is 14.3 Å². The smallest absolute Gasteiger partial charge is 0.223 e. The summed E-state index contributed by atoms with van der Waals surface area (Å²) in [6.45, 7) is 4.28. The summed E-state index contributed by atoms with van der Waals surface area (Å²) in [6.07, 6.45) is 2.48. The van der Waals surface area contributed by atoms with E-state index in [2.05, 4.69) is 12.2 Å². The Bertz CT molecular complexity index is 396. The van der Waals surface area contributed by atoms with E-state index in [1.807, 2.05) is 12.1 Å². The number of ether oxygens (including phenoxy) is 2. The molecule has 0 aliphatic heterocycles. The Morgan fingerprint density at radius 1 is 1.25 bits per heavy atom. The molecular formula is C15H24N2O3. The van der Waals surface area contributed by atoms with Crippen LogP contribution in [0.15, 0.2) is 24.3 Å². The van der Waals surface area contributed by atoms with Gasteiger partial charge < -0.3 is 20.5 Å². The van der Waals surface area contributed by atoms with Crippen molar-refractivity contribution >= 4 is 11.6 Å². The Balaban J connectivity index is 2.04. The van der Waals surface area contributed by atoms with Crippen LogP contribution in [0.3, 0.4) is 0 Å². The SMILES string of the molecule is CCCCOCCNC(=O)CCOc1ccccc1N. The minimum Gasteiger partial charge on any atom is -0.491 e. The van der Waals surface area contributed by atoms with Crippen molar-refractivity contribution in [3.63, 3.8) is 0 Å². The van der Waals surface area contributed by atoms with Crippen molar-refractivity contribution in [1.82, 2.24) is 5.32 Å². The van der Waals surface area contributed by atoms with Crippen molar-refractivity contribution in [2.45, 2.75) is 26.2 Å². The maximum Gasteiger partial charge on any atom is 0.223 e. The second-order valence-corrected chi connectivity index (χ2v) is 4.45. The van der Waals surface area contributed by atoms with Crippen molar-refractivity contribution in [2.24, 2.45) is 0 Å². The highest BCUT2D eigenvalue weighted by Gasteiger charge is 2.03. The predicted octanol–water partition coefficient (Wildman–Crippen LogP) is 1.97. The highest BCUT2D eigenvalue weighted by molar-refractivity contribution is 5.76. The number of rotatable bonds is 10. The highest BCUT2D eigenvalue weighted by Crippen LogP contribution is 2.19. The van der Waals surface area contributed by atoms with Crippen LogP contribution < -0.4 is 15.8 Å². The number of hydrogen-bond acceptors (Lipinski definition) is 4. The van der Waals surface area contributed by atoms with Crippen molar-refractivity contribution in [2.75, 3.05) is 32.1 Å². The third kappa shape index (κ3) is 6.99. The van der Waals surface area contributed by atoms with E-state index in [1.54, 1.807) is 12.1 Å². The van der Waals surface area contributed by atoms with Crippen molar-refractivity contribution in [3.05, 3.63) is 24.3 Å². The van der Waals surface area contributed by atoms with Gasteiger partial charge in [-0.15, -0.1) is 0 Å². The van der Waals surface area contributed by atoms with Crippen LogP contribution in [-0.2, 0) is 9.53 Å². The number of nitrogens with two attached hydrogens (primary N) is 1. The molecule has 20 heavy (non-hydrogen) atoms. The number of hydrogen-bond donors (Lipinski definition) is 2. The van der Waals surface area contributed by atoms with Crippen molar-refractivity contribution in [1.29, 1.82) is 0 Å². The Labute approximate surface area is 120 Å². The molecule has 0 aliphatic carbocycles. The molecule has 0 unspecified atom stereocenters. The lowest BCUT2D eigenvalue weighted by molar-refractivity contribution is -0.121. The van der Waals surface area contributed by atoms with Gasteiger partial charge in [-0.3, -0.25) is 4.79 Å². The first-order valence-corrected chi connectivity index (χ1v) is 7.05. The van der Waals surface area contributed by atoms with Crippen LogP contribution in [0.1, 0.15) is 26.2 Å². The fraction of sp³-hybridized carbons (Fsp3) is 0.533. The zero-order valence-corrected chi connectivity index (χ0v) is 12.1. The van der Waals surface area contributed by atoms with Gasteiger partial charge in [-0.25, -0.2) is 0 Å². The van der Waals surface area contributed by atoms with E-state index in [9.17, 15) is 4.79 Å². The van der Waals surface area contributed by atoms with Crippen LogP contribution in [0, 0.1) is 0 Å². The van der Waals surface area contributed by atoms with E-state index < -0.39 is 0 Å². The van der Waals surface area contributed by atoms with Gasteiger partial charge in [0.05, 0.1) is 25.3 Å². The molecule has 0 aliphatic rings. The summed E-state index contributed by atoms with van der Waals surface area (Å²) in [5.74, 6) is 0.571. The summed E-state index contributed by atoms with van der Waals surface area (Å²) in [7, 11) is 0. The third-order valence-corrected chi connectivity index (χ3v) is 2.72. The number of para-hydroxylation sites is 2. The van der Waals surface area contributed by atoms with E-state index in [4.69, 9.17) is 15.2 Å². The lowest BCUT2D eigenvalue weighted by atomic mass is 10.3. The van der Waals surface area contributed by atoms with Gasteiger partial charge in [0.25, 0.3) is 0 Å². The third-order valence-electron chi connectivity index (χ3n) is 2.72. The fourth-order valence-corrected chi connectivity index (χ4v) is 1.57. The van der Waals surface area contributed by atoms with Crippen LogP contribution in [0.25, 0.3) is 0 Å². The average molecular weight is 280 g/mol. The van der Waals surface area contributed by atoms with Gasteiger partial charge in [0.1, 0.15) is 5.75 Å². The molecule has 0 bridgehead atoms. The predicted molar refractivity (Wildman–Crippen MR) is 79.7 cm³/mol. The van der Waals surface area contributed by atoms with E-state index in [0.717, 1.165) is 19.4 Å². The standard InChI is InChI=1S/C15H24N2O3/c1-2-3-10-19-12-9-17-15(18)8-11-20-14-7-5-4-6-13(14)16/h4-7H,2-3,8-12,16H2,1H3,(H,17,18). The summed E-state index contributed by atoms with van der Waals surface area (Å²) in [5, 5.41) is 2.79. The second kappa shape index (κ2) is 10.1. The molecule has 5 nitrogen and oxygen atoms in total. The van der Waals surface area contributed by atoms with E-state index >= 15 is 0 Å². The summed E-state index contributed by atoms with van der Waals surface area (Å²) in [6, 6.07) is 7.24. The summed E-state index contributed by atoms with van der Waals surface area (Å²) < 4.78 is 10.8. The Morgan fingerprint density at radius 3 is 2.80 bits per heavy atom. The molecular weight excluding hydrogens is 256 g/mol. The number of carbonyl (C=O) groups is 1. The summed E-state index contributed by atoms with van der Waals surface area (Å²) in [4.78, 5) is 11.5. The van der Waals surface area contributed by atoms with Crippen LogP contribution in [0.4, 0.5) is 5.69 Å². The van der Waals surface area contributed by atoms with Gasteiger partial charge in [-0.05, 0) is 18.6 Å². The van der Waals surface area contributed by atoms with Crippen LogP contribution in [0.2, 0.25) is 0 Å². The van der Waals surface area contributed by atoms with Gasteiger partial charge in [-0.1, -0.05) is 25.5 Å². The topological polar surface area (TPSA) is 73.6 Å². The maximum atomic E-state index is 11.5. The molecule has 0 spiro atoms. The molecule has 112 valence electrons. The zero-order chi connectivity index (χ0) is 14.6. The molecule has 1 amide bonds. The number of benzene rings is 1. The highest BCUT2D eigenvalue weighted by atomic mass is 16.5. The number of unbranched alkanes of at least 4 members (excludes halogenated alkanes) is 1. The van der Waals surface area contributed by atoms with Gasteiger partial charge in [0.2, 0.25) is 5.91 Å². The molecule has 1 aromatic carbocycles. The van der Waals surface area contributed by atoms with Gasteiger partial charge in [0, 0.05) is 13.2 Å². The molecule has 0 radical (unpaired) electrons. The molecule has 1 rings (SSSR count). The second-order valence-electron chi connectivity index (χ2n) is 4.45. The molecule has 0 atom stereocenters. The summed E-state index contributed by atoms with van der Waals surface area (Å²) in [5.41, 5.74) is 6.31. The largest absolute Gasteiger partial charge is 0.491 e. The lowest BCUT2D eigenvalue weighted by Gasteiger charge is -2.09. The minimum absolute atomic E-state index is 0.0430. The lowest BCUT2D eigenvalue weighted by Crippen LogP contribution is -2.28. The Kier molecular flexibility index (Phi) is 8.22. The average Bonchev–Trinajstić information content (AvgIpc) is 2.45. The Morgan fingerprint density at radius 2 is 2.05 bits per heavy atom. The monoisotopic (exact) mass is 280 g/mol. The number of nitrogens with one attached hydrogen (secondary N) is 1. The van der Waals surface area contributed by atoms with Gasteiger partial charge in [-0.2, -0.15) is 0 Å². The van der Waals surface area contributed by atoms with Crippen LogP contribution in [0.5, 0.6) is 5.75 Å². The first kappa shape index (κ1) is 16.3. The molecule has 0 aromatic heterocycles. The summed E-state index contributed by atoms with van der Waals surface area (Å²) >= 11 is 0. The molecule has 3 N–H and O–H groups in total. The first-order valence-electron chi connectivity index (χ1n) is 7.05. The van der Waals surface area contributed by atoms with E-state index in [1.165, 1.54) is 0 Å². The molecule has 1 aromatic rings.